The van der Waals surface area contributed by atoms with Crippen LogP contribution in [-0.2, 0) is 6.18 Å². The molecule has 0 spiro atoms. The molecule has 0 amide bonds. The predicted molar refractivity (Wildman–Crippen MR) is 91.6 cm³/mol. The van der Waals surface area contributed by atoms with Crippen molar-refractivity contribution in [3.05, 3.63) is 41.7 Å². The lowest BCUT2D eigenvalue weighted by molar-refractivity contribution is -0.137. The van der Waals surface area contributed by atoms with E-state index in [-0.39, 0.29) is 5.92 Å². The normalized spacial score (nSPS) is 18.2. The van der Waals surface area contributed by atoms with Gasteiger partial charge in [0.1, 0.15) is 0 Å². The van der Waals surface area contributed by atoms with Crippen LogP contribution in [0.3, 0.4) is 0 Å². The standard InChI is InChI=1S/C18H21F3N4/c1-25(2)17-23-11-15(16(24-17)13-6-4-8-22-10-13)12-5-3-7-14(9-12)18(19,20)21/h3,5,7,9,11,13,22H,4,6,8,10H2,1-2H3/t13-/m1/s1. The van der Waals surface area contributed by atoms with Gasteiger partial charge in [-0.2, -0.15) is 13.2 Å². The van der Waals surface area contributed by atoms with E-state index in [1.54, 1.807) is 17.2 Å². The number of nitrogens with one attached hydrogen (secondary N) is 1. The van der Waals surface area contributed by atoms with Crippen molar-refractivity contribution in [2.75, 3.05) is 32.1 Å². The van der Waals surface area contributed by atoms with Crippen LogP contribution in [0.1, 0.15) is 30.0 Å². The van der Waals surface area contributed by atoms with Crippen molar-refractivity contribution in [3.63, 3.8) is 0 Å². The van der Waals surface area contributed by atoms with Crippen molar-refractivity contribution >= 4 is 5.95 Å². The van der Waals surface area contributed by atoms with E-state index >= 15 is 0 Å². The van der Waals surface area contributed by atoms with Gasteiger partial charge >= 0.3 is 6.18 Å². The molecule has 1 aromatic heterocycles. The SMILES string of the molecule is CN(C)c1ncc(-c2cccc(C(F)(F)F)c2)c([C@@H]2CCCNC2)n1. The lowest BCUT2D eigenvalue weighted by atomic mass is 9.90. The minimum absolute atomic E-state index is 0.167. The molecule has 1 N–H and O–H groups in total. The molecule has 0 bridgehead atoms. The monoisotopic (exact) mass is 350 g/mol. The molecule has 1 aliphatic heterocycles. The maximum absolute atomic E-state index is 13.1. The van der Waals surface area contributed by atoms with Gasteiger partial charge in [0, 0.05) is 38.3 Å². The van der Waals surface area contributed by atoms with Crippen LogP contribution in [-0.4, -0.2) is 37.2 Å². The number of piperidine rings is 1. The van der Waals surface area contributed by atoms with Crippen LogP contribution in [0.5, 0.6) is 0 Å². The van der Waals surface area contributed by atoms with Crippen LogP contribution in [0, 0.1) is 0 Å². The van der Waals surface area contributed by atoms with E-state index in [1.165, 1.54) is 12.1 Å². The average molecular weight is 350 g/mol. The first-order chi connectivity index (χ1) is 11.9. The number of nitrogens with zero attached hydrogens (tertiary/aromatic N) is 3. The second kappa shape index (κ2) is 7.00. The largest absolute Gasteiger partial charge is 0.416 e. The molecular formula is C18H21F3N4. The Morgan fingerprint density at radius 1 is 1.24 bits per heavy atom. The Labute approximate surface area is 145 Å². The van der Waals surface area contributed by atoms with Gasteiger partial charge in [0.2, 0.25) is 5.95 Å². The summed E-state index contributed by atoms with van der Waals surface area (Å²) in [7, 11) is 3.70. The number of benzene rings is 1. The molecule has 1 saturated heterocycles. The molecule has 0 saturated carbocycles. The lowest BCUT2D eigenvalue weighted by Crippen LogP contribution is -2.29. The molecule has 3 rings (SSSR count). The van der Waals surface area contributed by atoms with Crippen molar-refractivity contribution in [3.8, 4) is 11.1 Å². The third-order valence-corrected chi connectivity index (χ3v) is 4.39. The summed E-state index contributed by atoms with van der Waals surface area (Å²) in [5.74, 6) is 0.733. The Balaban J connectivity index is 2.08. The van der Waals surface area contributed by atoms with E-state index in [1.807, 2.05) is 14.1 Å². The summed E-state index contributed by atoms with van der Waals surface area (Å²) in [6, 6.07) is 5.37. The zero-order chi connectivity index (χ0) is 18.0. The van der Waals surface area contributed by atoms with Crippen LogP contribution in [0.15, 0.2) is 30.5 Å². The zero-order valence-electron chi connectivity index (χ0n) is 14.3. The van der Waals surface area contributed by atoms with Gasteiger partial charge in [0.15, 0.2) is 0 Å². The zero-order valence-corrected chi connectivity index (χ0v) is 14.3. The van der Waals surface area contributed by atoms with E-state index in [2.05, 4.69) is 15.3 Å². The molecule has 134 valence electrons. The third-order valence-electron chi connectivity index (χ3n) is 4.39. The molecule has 1 aliphatic rings. The molecule has 0 radical (unpaired) electrons. The maximum Gasteiger partial charge on any atom is 0.416 e. The van der Waals surface area contributed by atoms with E-state index in [0.717, 1.165) is 37.7 Å². The van der Waals surface area contributed by atoms with E-state index in [4.69, 9.17) is 0 Å². The van der Waals surface area contributed by atoms with Crippen LogP contribution < -0.4 is 10.2 Å². The van der Waals surface area contributed by atoms with Crippen molar-refractivity contribution in [2.45, 2.75) is 24.9 Å². The van der Waals surface area contributed by atoms with Gasteiger partial charge in [-0.1, -0.05) is 12.1 Å². The second-order valence-corrected chi connectivity index (χ2v) is 6.49. The van der Waals surface area contributed by atoms with Crippen LogP contribution in [0.4, 0.5) is 19.1 Å². The highest BCUT2D eigenvalue weighted by atomic mass is 19.4. The van der Waals surface area contributed by atoms with Crippen molar-refractivity contribution in [2.24, 2.45) is 0 Å². The number of hydrogen-bond acceptors (Lipinski definition) is 4. The molecule has 1 fully saturated rings. The minimum Gasteiger partial charge on any atom is -0.347 e. The molecule has 1 atom stereocenters. The number of anilines is 1. The molecule has 0 aliphatic carbocycles. The van der Waals surface area contributed by atoms with Gasteiger partial charge in [-0.15, -0.1) is 0 Å². The van der Waals surface area contributed by atoms with Crippen LogP contribution in [0.2, 0.25) is 0 Å². The molecule has 7 heteroatoms. The van der Waals surface area contributed by atoms with E-state index in [9.17, 15) is 13.2 Å². The van der Waals surface area contributed by atoms with Gasteiger partial charge in [0.25, 0.3) is 0 Å². The quantitative estimate of drug-likeness (QED) is 0.917. The van der Waals surface area contributed by atoms with Crippen molar-refractivity contribution < 1.29 is 13.2 Å². The first kappa shape index (κ1) is 17.7. The van der Waals surface area contributed by atoms with E-state index < -0.39 is 11.7 Å². The molecular weight excluding hydrogens is 329 g/mol. The van der Waals surface area contributed by atoms with Crippen LogP contribution >= 0.6 is 0 Å². The first-order valence-electron chi connectivity index (χ1n) is 8.29. The number of aromatic nitrogens is 2. The fourth-order valence-electron chi connectivity index (χ4n) is 3.08. The summed E-state index contributed by atoms with van der Waals surface area (Å²) in [5, 5.41) is 3.34. The van der Waals surface area contributed by atoms with Crippen molar-refractivity contribution in [1.29, 1.82) is 0 Å². The highest BCUT2D eigenvalue weighted by Gasteiger charge is 2.31. The van der Waals surface area contributed by atoms with Gasteiger partial charge in [-0.25, -0.2) is 9.97 Å². The molecule has 25 heavy (non-hydrogen) atoms. The second-order valence-electron chi connectivity index (χ2n) is 6.49. The Morgan fingerprint density at radius 2 is 2.04 bits per heavy atom. The summed E-state index contributed by atoms with van der Waals surface area (Å²) in [6.45, 7) is 1.73. The Kier molecular flexibility index (Phi) is 4.94. The molecule has 1 aromatic carbocycles. The molecule has 0 unspecified atom stereocenters. The Bertz CT molecular complexity index is 737. The van der Waals surface area contributed by atoms with Gasteiger partial charge in [-0.05, 0) is 37.1 Å². The summed E-state index contributed by atoms with van der Waals surface area (Å²) in [4.78, 5) is 10.8. The number of rotatable bonds is 3. The molecule has 2 heterocycles. The Morgan fingerprint density at radius 3 is 2.68 bits per heavy atom. The predicted octanol–water partition coefficient (Wildman–Crippen LogP) is 3.70. The summed E-state index contributed by atoms with van der Waals surface area (Å²) in [5.41, 5.74) is 1.32. The lowest BCUT2D eigenvalue weighted by Gasteiger charge is -2.25. The van der Waals surface area contributed by atoms with Crippen molar-refractivity contribution in [1.82, 2.24) is 15.3 Å². The fraction of sp³-hybridized carbons (Fsp3) is 0.444. The van der Waals surface area contributed by atoms with Gasteiger partial charge in [0.05, 0.1) is 11.3 Å². The number of halogens is 3. The summed E-state index contributed by atoms with van der Waals surface area (Å²) < 4.78 is 39.2. The summed E-state index contributed by atoms with van der Waals surface area (Å²) in [6.07, 6.45) is -0.744. The maximum atomic E-state index is 13.1. The number of hydrogen-bond donors (Lipinski definition) is 1. The third kappa shape index (κ3) is 3.92. The molecule has 2 aromatic rings. The topological polar surface area (TPSA) is 41.1 Å². The minimum atomic E-state index is -4.37. The van der Waals surface area contributed by atoms with E-state index in [0.29, 0.717) is 17.1 Å². The Hall–Kier alpha value is -2.15. The van der Waals surface area contributed by atoms with Gasteiger partial charge in [-0.3, -0.25) is 0 Å². The highest BCUT2D eigenvalue weighted by Crippen LogP contribution is 2.35. The highest BCUT2D eigenvalue weighted by molar-refractivity contribution is 5.67. The average Bonchev–Trinajstić information content (AvgIpc) is 2.61. The summed E-state index contributed by atoms with van der Waals surface area (Å²) >= 11 is 0. The van der Waals surface area contributed by atoms with Crippen LogP contribution in [0.25, 0.3) is 11.1 Å². The van der Waals surface area contributed by atoms with Gasteiger partial charge < -0.3 is 10.2 Å². The smallest absolute Gasteiger partial charge is 0.347 e. The first-order valence-corrected chi connectivity index (χ1v) is 8.29. The molecule has 4 nitrogen and oxygen atoms in total. The fourth-order valence-corrected chi connectivity index (χ4v) is 3.08. The number of alkyl halides is 3.